The number of halogens is 1. The maximum absolute atomic E-state index is 11.0. The molecular formula is C14H13ClN4O4. The van der Waals surface area contributed by atoms with E-state index in [0.29, 0.717) is 5.03 Å². The minimum atomic E-state index is -0.704. The maximum Gasteiger partial charge on any atom is 0.301 e. The van der Waals surface area contributed by atoms with Crippen molar-refractivity contribution in [2.45, 2.75) is 19.8 Å². The Morgan fingerprint density at radius 1 is 1.30 bits per heavy atom. The van der Waals surface area contributed by atoms with Gasteiger partial charge in [0.15, 0.2) is 0 Å². The van der Waals surface area contributed by atoms with E-state index < -0.39 is 15.5 Å². The molecule has 1 aromatic rings. The average molecular weight is 337 g/mol. The molecule has 0 unspecified atom stereocenters. The SMILES string of the molecule is CC1=CCCC(/C=N\Nc2ccc([N+](=O)[O-])cc2[N+](=O)[O-])=C1Cl. The lowest BCUT2D eigenvalue weighted by atomic mass is 10.0. The standard InChI is InChI=1S/C14H13ClN4O4/c1-9-3-2-4-10(14(9)15)8-16-17-12-6-5-11(18(20)21)7-13(12)19(22)23/h3,5-8,17H,2,4H2,1H3/b16-8-. The molecule has 0 amide bonds. The highest BCUT2D eigenvalue weighted by Gasteiger charge is 2.19. The molecule has 0 heterocycles. The Labute approximate surface area is 136 Å². The molecule has 9 heteroatoms. The molecule has 0 atom stereocenters. The third kappa shape index (κ3) is 3.92. The van der Waals surface area contributed by atoms with Crippen LogP contribution in [0, 0.1) is 20.2 Å². The van der Waals surface area contributed by atoms with E-state index in [1.165, 1.54) is 18.3 Å². The molecule has 1 aliphatic carbocycles. The van der Waals surface area contributed by atoms with Crippen LogP contribution in [0.25, 0.3) is 0 Å². The molecule has 23 heavy (non-hydrogen) atoms. The lowest BCUT2D eigenvalue weighted by molar-refractivity contribution is -0.393. The predicted molar refractivity (Wildman–Crippen MR) is 87.7 cm³/mol. The van der Waals surface area contributed by atoms with Gasteiger partial charge in [0.05, 0.1) is 22.1 Å². The Morgan fingerprint density at radius 3 is 2.70 bits per heavy atom. The third-order valence-corrected chi connectivity index (χ3v) is 3.83. The Bertz CT molecular complexity index is 755. The van der Waals surface area contributed by atoms with Crippen molar-refractivity contribution >= 4 is 34.9 Å². The van der Waals surface area contributed by atoms with Crippen LogP contribution in [-0.2, 0) is 0 Å². The van der Waals surface area contributed by atoms with Gasteiger partial charge in [-0.1, -0.05) is 17.7 Å². The van der Waals surface area contributed by atoms with E-state index in [1.54, 1.807) is 0 Å². The molecule has 0 radical (unpaired) electrons. The molecule has 8 nitrogen and oxygen atoms in total. The molecule has 2 rings (SSSR count). The van der Waals surface area contributed by atoms with Crippen LogP contribution in [0.15, 0.2) is 45.6 Å². The van der Waals surface area contributed by atoms with Crippen molar-refractivity contribution in [2.75, 3.05) is 5.43 Å². The fourth-order valence-corrected chi connectivity index (χ4v) is 2.30. The zero-order chi connectivity index (χ0) is 17.0. The average Bonchev–Trinajstić information content (AvgIpc) is 2.51. The highest BCUT2D eigenvalue weighted by molar-refractivity contribution is 6.33. The molecule has 0 aromatic heterocycles. The Morgan fingerprint density at radius 2 is 2.04 bits per heavy atom. The quantitative estimate of drug-likeness (QED) is 0.493. The number of allylic oxidation sites excluding steroid dienone is 4. The second-order valence-corrected chi connectivity index (χ2v) is 5.23. The zero-order valence-corrected chi connectivity index (χ0v) is 12.9. The fourth-order valence-electron chi connectivity index (χ4n) is 2.08. The van der Waals surface area contributed by atoms with Crippen molar-refractivity contribution < 1.29 is 9.85 Å². The number of hydrogen-bond acceptors (Lipinski definition) is 6. The Hall–Kier alpha value is -2.74. The number of non-ortho nitro benzene ring substituents is 1. The number of benzene rings is 1. The van der Waals surface area contributed by atoms with Gasteiger partial charge in [0.25, 0.3) is 5.69 Å². The summed E-state index contributed by atoms with van der Waals surface area (Å²) in [6.07, 6.45) is 5.10. The summed E-state index contributed by atoms with van der Waals surface area (Å²) in [5.41, 5.74) is 3.61. The number of nitrogens with zero attached hydrogens (tertiary/aromatic N) is 3. The van der Waals surface area contributed by atoms with Gasteiger partial charge in [0.1, 0.15) is 5.69 Å². The second-order valence-electron chi connectivity index (χ2n) is 4.85. The monoisotopic (exact) mass is 336 g/mol. The number of anilines is 1. The zero-order valence-electron chi connectivity index (χ0n) is 12.2. The summed E-state index contributed by atoms with van der Waals surface area (Å²) in [5.74, 6) is 0. The van der Waals surface area contributed by atoms with Gasteiger partial charge < -0.3 is 0 Å². The van der Waals surface area contributed by atoms with Crippen molar-refractivity contribution in [3.63, 3.8) is 0 Å². The first-order valence-electron chi connectivity index (χ1n) is 6.68. The smallest absolute Gasteiger partial charge is 0.272 e. The highest BCUT2D eigenvalue weighted by Crippen LogP contribution is 2.29. The van der Waals surface area contributed by atoms with Crippen LogP contribution in [0.4, 0.5) is 17.1 Å². The first-order valence-corrected chi connectivity index (χ1v) is 7.05. The molecule has 0 aliphatic heterocycles. The highest BCUT2D eigenvalue weighted by atomic mass is 35.5. The number of hydrogen-bond donors (Lipinski definition) is 1. The lowest BCUT2D eigenvalue weighted by Gasteiger charge is -2.11. The van der Waals surface area contributed by atoms with Crippen LogP contribution >= 0.6 is 11.6 Å². The van der Waals surface area contributed by atoms with Gasteiger partial charge in [-0.3, -0.25) is 25.7 Å². The largest absolute Gasteiger partial charge is 0.301 e. The Balaban J connectivity index is 2.22. The van der Waals surface area contributed by atoms with E-state index in [0.717, 1.165) is 30.1 Å². The molecule has 0 fully saturated rings. The summed E-state index contributed by atoms with van der Waals surface area (Å²) >= 11 is 6.16. The van der Waals surface area contributed by atoms with Gasteiger partial charge in [-0.2, -0.15) is 5.10 Å². The van der Waals surface area contributed by atoms with Crippen molar-refractivity contribution in [1.29, 1.82) is 0 Å². The number of nitro benzene ring substituents is 2. The summed E-state index contributed by atoms with van der Waals surface area (Å²) in [7, 11) is 0. The van der Waals surface area contributed by atoms with E-state index in [9.17, 15) is 20.2 Å². The summed E-state index contributed by atoms with van der Waals surface area (Å²) in [5, 5.41) is 26.3. The number of nitro groups is 2. The van der Waals surface area contributed by atoms with Gasteiger partial charge >= 0.3 is 5.69 Å². The van der Waals surface area contributed by atoms with Crippen LogP contribution in [0.3, 0.4) is 0 Å². The number of hydrazone groups is 1. The van der Waals surface area contributed by atoms with Crippen molar-refractivity contribution in [2.24, 2.45) is 5.10 Å². The fraction of sp³-hybridized carbons (Fsp3) is 0.214. The van der Waals surface area contributed by atoms with Crippen LogP contribution in [0.2, 0.25) is 0 Å². The molecular weight excluding hydrogens is 324 g/mol. The van der Waals surface area contributed by atoms with E-state index in [-0.39, 0.29) is 11.4 Å². The van der Waals surface area contributed by atoms with Crippen molar-refractivity contribution in [3.05, 3.63) is 60.7 Å². The van der Waals surface area contributed by atoms with Gasteiger partial charge in [-0.25, -0.2) is 0 Å². The van der Waals surface area contributed by atoms with E-state index in [1.807, 2.05) is 13.0 Å². The molecule has 0 spiro atoms. The number of rotatable bonds is 5. The number of nitrogens with one attached hydrogen (secondary N) is 1. The van der Waals surface area contributed by atoms with Crippen molar-refractivity contribution in [3.8, 4) is 0 Å². The van der Waals surface area contributed by atoms with Crippen LogP contribution in [0.5, 0.6) is 0 Å². The van der Waals surface area contributed by atoms with Gasteiger partial charge in [-0.05, 0) is 37.0 Å². The Kier molecular flexibility index (Phi) is 5.07. The third-order valence-electron chi connectivity index (χ3n) is 3.29. The van der Waals surface area contributed by atoms with Gasteiger partial charge in [-0.15, -0.1) is 0 Å². The van der Waals surface area contributed by atoms with Gasteiger partial charge in [0.2, 0.25) is 0 Å². The van der Waals surface area contributed by atoms with E-state index in [4.69, 9.17) is 11.6 Å². The first kappa shape index (κ1) is 16.6. The summed E-state index contributed by atoms with van der Waals surface area (Å²) in [6.45, 7) is 1.89. The van der Waals surface area contributed by atoms with E-state index >= 15 is 0 Å². The van der Waals surface area contributed by atoms with Crippen LogP contribution in [-0.4, -0.2) is 16.1 Å². The second kappa shape index (κ2) is 7.01. The molecule has 0 bridgehead atoms. The summed E-state index contributed by atoms with van der Waals surface area (Å²) in [6, 6.07) is 3.30. The molecule has 1 N–H and O–H groups in total. The first-order chi connectivity index (χ1) is 10.9. The molecule has 0 saturated carbocycles. The minimum absolute atomic E-state index is 0.0663. The predicted octanol–water partition coefficient (Wildman–Crippen LogP) is 4.13. The van der Waals surface area contributed by atoms with Crippen LogP contribution in [0.1, 0.15) is 19.8 Å². The van der Waals surface area contributed by atoms with Gasteiger partial charge in [0, 0.05) is 11.1 Å². The molecule has 1 aliphatic rings. The van der Waals surface area contributed by atoms with Crippen molar-refractivity contribution in [1.82, 2.24) is 0 Å². The van der Waals surface area contributed by atoms with Crippen LogP contribution < -0.4 is 5.43 Å². The molecule has 0 saturated heterocycles. The maximum atomic E-state index is 11.0. The molecule has 1 aromatic carbocycles. The summed E-state index contributed by atoms with van der Waals surface area (Å²) < 4.78 is 0. The molecule has 120 valence electrons. The normalized spacial score (nSPS) is 14.8. The minimum Gasteiger partial charge on any atom is -0.272 e. The summed E-state index contributed by atoms with van der Waals surface area (Å²) in [4.78, 5) is 20.3. The lowest BCUT2D eigenvalue weighted by Crippen LogP contribution is -2.01. The topological polar surface area (TPSA) is 111 Å². The van der Waals surface area contributed by atoms with E-state index in [2.05, 4.69) is 10.5 Å².